The first kappa shape index (κ1) is 21.7. The number of aryl methyl sites for hydroxylation is 1. The fourth-order valence-corrected chi connectivity index (χ4v) is 4.42. The molecule has 1 aromatic carbocycles. The minimum absolute atomic E-state index is 0.127. The van der Waals surface area contributed by atoms with Gasteiger partial charge in [0.1, 0.15) is 0 Å². The second-order valence-electron chi connectivity index (χ2n) is 7.94. The van der Waals surface area contributed by atoms with Gasteiger partial charge in [0, 0.05) is 18.8 Å². The van der Waals surface area contributed by atoms with E-state index in [1.54, 1.807) is 16.8 Å². The van der Waals surface area contributed by atoms with Crippen molar-refractivity contribution in [3.05, 3.63) is 70.1 Å². The summed E-state index contributed by atoms with van der Waals surface area (Å²) in [4.78, 5) is 12.3. The van der Waals surface area contributed by atoms with E-state index in [1.807, 2.05) is 13.0 Å². The first-order valence-electron chi connectivity index (χ1n) is 10.1. The predicted molar refractivity (Wildman–Crippen MR) is 115 cm³/mol. The fraction of sp³-hybridized carbons (Fsp3) is 0.500. The number of aromatic nitrogens is 1. The van der Waals surface area contributed by atoms with E-state index in [0.29, 0.717) is 12.5 Å². The van der Waals surface area contributed by atoms with Crippen molar-refractivity contribution in [2.24, 2.45) is 0 Å². The van der Waals surface area contributed by atoms with E-state index in [0.717, 1.165) is 37.5 Å². The van der Waals surface area contributed by atoms with Crippen LogP contribution in [0.15, 0.2) is 53.5 Å². The first-order valence-corrected chi connectivity index (χ1v) is 12.0. The highest BCUT2D eigenvalue weighted by atomic mass is 32.2. The zero-order valence-corrected chi connectivity index (χ0v) is 17.9. The van der Waals surface area contributed by atoms with E-state index in [1.165, 1.54) is 11.6 Å². The molecule has 0 aliphatic heterocycles. The summed E-state index contributed by atoms with van der Waals surface area (Å²) in [6, 6.07) is 13.4. The normalized spacial score (nSPS) is 21.0. The van der Waals surface area contributed by atoms with Crippen LogP contribution in [0.1, 0.15) is 48.8 Å². The highest BCUT2D eigenvalue weighted by molar-refractivity contribution is 7.88. The molecule has 1 saturated carbocycles. The first-order chi connectivity index (χ1) is 13.8. The molecule has 6 nitrogen and oxygen atoms in total. The van der Waals surface area contributed by atoms with Crippen LogP contribution in [-0.4, -0.2) is 38.5 Å². The fourth-order valence-electron chi connectivity index (χ4n) is 3.92. The molecule has 0 spiro atoms. The van der Waals surface area contributed by atoms with Gasteiger partial charge in [0.05, 0.1) is 25.0 Å². The summed E-state index contributed by atoms with van der Waals surface area (Å²) < 4.78 is 33.4. The Bertz CT molecular complexity index is 948. The van der Waals surface area contributed by atoms with Gasteiger partial charge in [0.15, 0.2) is 0 Å². The third-order valence-electron chi connectivity index (χ3n) is 5.53. The van der Waals surface area contributed by atoms with E-state index < -0.39 is 10.0 Å². The Balaban J connectivity index is 1.61. The maximum absolute atomic E-state index is 12.3. The topological polar surface area (TPSA) is 77.4 Å². The van der Waals surface area contributed by atoms with Crippen molar-refractivity contribution in [1.29, 1.82) is 0 Å². The van der Waals surface area contributed by atoms with Gasteiger partial charge in [-0.3, -0.25) is 4.79 Å². The molecule has 1 fully saturated rings. The molecule has 158 valence electrons. The van der Waals surface area contributed by atoms with Crippen LogP contribution in [0.4, 0.5) is 0 Å². The molecule has 1 N–H and O–H groups in total. The standard InChI is InChI=1S/C22H30N2O4S/c1-17-8-13-22(25)24(15-17)20(14-23-29(2,26)27)16-28-21-11-9-19(10-12-21)18-6-4-3-5-7-18/h3-8,13,15,19-21,23H,9-12,14,16H2,1-2H3/t19-,20-,21+/m0/s1. The third-order valence-corrected chi connectivity index (χ3v) is 6.22. The molecule has 0 bridgehead atoms. The Morgan fingerprint density at radius 3 is 2.45 bits per heavy atom. The van der Waals surface area contributed by atoms with Crippen molar-refractivity contribution < 1.29 is 13.2 Å². The number of ether oxygens (including phenoxy) is 1. The van der Waals surface area contributed by atoms with Crippen molar-refractivity contribution in [3.8, 4) is 0 Å². The van der Waals surface area contributed by atoms with Crippen LogP contribution in [0.5, 0.6) is 0 Å². The van der Waals surface area contributed by atoms with E-state index in [4.69, 9.17) is 4.74 Å². The zero-order chi connectivity index (χ0) is 20.9. The summed E-state index contributed by atoms with van der Waals surface area (Å²) in [5, 5.41) is 0. The lowest BCUT2D eigenvalue weighted by molar-refractivity contribution is 0.00735. The maximum Gasteiger partial charge on any atom is 0.250 e. The minimum Gasteiger partial charge on any atom is -0.376 e. The van der Waals surface area contributed by atoms with Gasteiger partial charge in [0.2, 0.25) is 10.0 Å². The van der Waals surface area contributed by atoms with Crippen LogP contribution in [0.2, 0.25) is 0 Å². The van der Waals surface area contributed by atoms with Crippen molar-refractivity contribution in [3.63, 3.8) is 0 Å². The molecule has 0 radical (unpaired) electrons. The molecule has 1 aliphatic rings. The predicted octanol–water partition coefficient (Wildman–Crippen LogP) is 2.99. The Labute approximate surface area is 173 Å². The molecule has 1 aromatic heterocycles. The van der Waals surface area contributed by atoms with E-state index in [2.05, 4.69) is 29.0 Å². The average molecular weight is 419 g/mol. The zero-order valence-electron chi connectivity index (χ0n) is 17.1. The second-order valence-corrected chi connectivity index (χ2v) is 9.78. The summed E-state index contributed by atoms with van der Waals surface area (Å²) in [6.45, 7) is 2.33. The monoisotopic (exact) mass is 418 g/mol. The maximum atomic E-state index is 12.3. The van der Waals surface area contributed by atoms with Crippen LogP contribution in [-0.2, 0) is 14.8 Å². The molecule has 2 aromatic rings. The van der Waals surface area contributed by atoms with Gasteiger partial charge in [0.25, 0.3) is 5.56 Å². The summed E-state index contributed by atoms with van der Waals surface area (Å²) in [7, 11) is -3.35. The molecule has 3 rings (SSSR count). The number of rotatable bonds is 8. The van der Waals surface area contributed by atoms with Crippen LogP contribution in [0, 0.1) is 6.92 Å². The summed E-state index contributed by atoms with van der Waals surface area (Å²) in [6.07, 6.45) is 7.09. The Morgan fingerprint density at radius 1 is 1.10 bits per heavy atom. The quantitative estimate of drug-likeness (QED) is 0.715. The Kier molecular flexibility index (Phi) is 7.27. The van der Waals surface area contributed by atoms with E-state index >= 15 is 0 Å². The number of hydrogen-bond donors (Lipinski definition) is 1. The van der Waals surface area contributed by atoms with Gasteiger partial charge in [-0.25, -0.2) is 13.1 Å². The lowest BCUT2D eigenvalue weighted by atomic mass is 9.83. The largest absolute Gasteiger partial charge is 0.376 e. The van der Waals surface area contributed by atoms with Crippen molar-refractivity contribution in [2.75, 3.05) is 19.4 Å². The summed E-state index contributed by atoms with van der Waals surface area (Å²) >= 11 is 0. The van der Waals surface area contributed by atoms with Gasteiger partial charge in [-0.1, -0.05) is 36.4 Å². The average Bonchev–Trinajstić information content (AvgIpc) is 2.70. The van der Waals surface area contributed by atoms with Gasteiger partial charge in [-0.2, -0.15) is 0 Å². The molecule has 0 amide bonds. The smallest absolute Gasteiger partial charge is 0.250 e. The van der Waals surface area contributed by atoms with Crippen LogP contribution < -0.4 is 10.3 Å². The number of nitrogens with zero attached hydrogens (tertiary/aromatic N) is 1. The third kappa shape index (κ3) is 6.52. The SMILES string of the molecule is Cc1ccc(=O)n([C@@H](CNS(C)(=O)=O)CO[C@H]2CC[C@@H](c3ccccc3)CC2)c1. The summed E-state index contributed by atoms with van der Waals surface area (Å²) in [5.74, 6) is 0.568. The van der Waals surface area contributed by atoms with Gasteiger partial charge in [-0.05, 0) is 49.7 Å². The van der Waals surface area contributed by atoms with Crippen molar-refractivity contribution in [2.45, 2.75) is 50.7 Å². The highest BCUT2D eigenvalue weighted by Gasteiger charge is 2.24. The van der Waals surface area contributed by atoms with Crippen molar-refractivity contribution >= 4 is 10.0 Å². The second kappa shape index (κ2) is 9.69. The minimum atomic E-state index is -3.35. The molecule has 29 heavy (non-hydrogen) atoms. The van der Waals surface area contributed by atoms with Crippen LogP contribution >= 0.6 is 0 Å². The molecule has 1 aliphatic carbocycles. The molecule has 0 unspecified atom stereocenters. The van der Waals surface area contributed by atoms with Crippen LogP contribution in [0.25, 0.3) is 0 Å². The molecule has 1 heterocycles. The number of benzene rings is 1. The lowest BCUT2D eigenvalue weighted by Gasteiger charge is -2.30. The highest BCUT2D eigenvalue weighted by Crippen LogP contribution is 2.34. The van der Waals surface area contributed by atoms with Gasteiger partial charge >= 0.3 is 0 Å². The van der Waals surface area contributed by atoms with E-state index in [9.17, 15) is 13.2 Å². The number of sulfonamides is 1. The number of pyridine rings is 1. The van der Waals surface area contributed by atoms with Gasteiger partial charge < -0.3 is 9.30 Å². The van der Waals surface area contributed by atoms with Crippen molar-refractivity contribution in [1.82, 2.24) is 9.29 Å². The Morgan fingerprint density at radius 2 is 1.79 bits per heavy atom. The van der Waals surface area contributed by atoms with Gasteiger partial charge in [-0.15, -0.1) is 0 Å². The van der Waals surface area contributed by atoms with E-state index in [-0.39, 0.29) is 24.2 Å². The summed E-state index contributed by atoms with van der Waals surface area (Å²) in [5.41, 5.74) is 2.16. The van der Waals surface area contributed by atoms with Crippen LogP contribution in [0.3, 0.4) is 0 Å². The Hall–Kier alpha value is -1.96. The number of hydrogen-bond acceptors (Lipinski definition) is 4. The molecular weight excluding hydrogens is 388 g/mol. The molecule has 7 heteroatoms. The molecule has 1 atom stereocenters. The molecular formula is C22H30N2O4S. The molecule has 0 saturated heterocycles. The number of nitrogens with one attached hydrogen (secondary N) is 1. The lowest BCUT2D eigenvalue weighted by Crippen LogP contribution is -2.37.